The molecule has 0 aromatic rings. The molecule has 0 nitrogen and oxygen atoms in total. The molecule has 0 heterocycles. The second-order valence-corrected chi connectivity index (χ2v) is 12.5. The van der Waals surface area contributed by atoms with Crippen LogP contribution in [-0.2, 0) is 14.7 Å². The first-order valence-electron chi connectivity index (χ1n) is 5.30. The molecular formula is C13H15Cl3Ti. The fraction of sp³-hybridized carbons (Fsp3) is 0.308. The number of rotatable bonds is 0. The van der Waals surface area contributed by atoms with E-state index in [1.54, 1.807) is 0 Å². The van der Waals surface area contributed by atoms with E-state index < -0.39 is 14.7 Å². The van der Waals surface area contributed by atoms with Gasteiger partial charge < -0.3 is 0 Å². The molecule has 0 spiro atoms. The quantitative estimate of drug-likeness (QED) is 0.504. The van der Waals surface area contributed by atoms with Gasteiger partial charge in [0.2, 0.25) is 0 Å². The third kappa shape index (κ3) is 4.97. The Hall–Kier alpha value is 0.544. The normalized spacial score (nSPS) is 18.0. The Bertz CT molecular complexity index is 381. The van der Waals surface area contributed by atoms with E-state index in [0.717, 1.165) is 0 Å². The van der Waals surface area contributed by atoms with E-state index in [9.17, 15) is 0 Å². The second kappa shape index (κ2) is 6.64. The van der Waals surface area contributed by atoms with Gasteiger partial charge in [-0.15, -0.1) is 0 Å². The molecule has 0 aromatic heterocycles. The molecule has 0 saturated heterocycles. The summed E-state index contributed by atoms with van der Waals surface area (Å²) in [5.41, 5.74) is 3.10. The monoisotopic (exact) mass is 324 g/mol. The Balaban J connectivity index is 0.000000317. The van der Waals surface area contributed by atoms with Gasteiger partial charge in [-0.3, -0.25) is 0 Å². The number of halogens is 3. The van der Waals surface area contributed by atoms with Crippen LogP contribution >= 0.6 is 27.9 Å². The molecule has 0 bridgehead atoms. The van der Waals surface area contributed by atoms with Gasteiger partial charge in [0.1, 0.15) is 0 Å². The van der Waals surface area contributed by atoms with Gasteiger partial charge in [0.15, 0.2) is 0 Å². The molecule has 2 aliphatic carbocycles. The summed E-state index contributed by atoms with van der Waals surface area (Å²) >= 11 is -1.92. The van der Waals surface area contributed by atoms with E-state index >= 15 is 0 Å². The molecule has 0 amide bonds. The fourth-order valence-corrected chi connectivity index (χ4v) is 1.80. The molecule has 0 atom stereocenters. The van der Waals surface area contributed by atoms with E-state index in [-0.39, 0.29) is 5.41 Å². The summed E-state index contributed by atoms with van der Waals surface area (Å²) in [7, 11) is 14.9. The van der Waals surface area contributed by atoms with Crippen LogP contribution in [-0.4, -0.2) is 0 Å². The second-order valence-electron chi connectivity index (χ2n) is 4.80. The van der Waals surface area contributed by atoms with Crippen LogP contribution in [0.1, 0.15) is 20.8 Å². The van der Waals surface area contributed by atoms with Crippen molar-refractivity contribution in [1.82, 2.24) is 0 Å². The van der Waals surface area contributed by atoms with Crippen molar-refractivity contribution < 1.29 is 14.7 Å². The van der Waals surface area contributed by atoms with Gasteiger partial charge in [-0.25, -0.2) is 0 Å². The number of hydrogen-bond donors (Lipinski definition) is 0. The fourth-order valence-electron chi connectivity index (χ4n) is 1.80. The molecule has 0 saturated carbocycles. The Morgan fingerprint density at radius 2 is 1.41 bits per heavy atom. The van der Waals surface area contributed by atoms with Crippen LogP contribution < -0.4 is 0 Å². The first kappa shape index (κ1) is 15.6. The Labute approximate surface area is 121 Å². The number of allylic oxidation sites excluding steroid dienone is 8. The zero-order valence-corrected chi connectivity index (χ0v) is 13.9. The molecule has 2 rings (SSSR count). The minimum atomic E-state index is -1.92. The van der Waals surface area contributed by atoms with Gasteiger partial charge in [-0.05, 0) is 16.6 Å². The maximum atomic E-state index is 4.97. The van der Waals surface area contributed by atoms with Crippen molar-refractivity contribution in [2.45, 2.75) is 20.8 Å². The van der Waals surface area contributed by atoms with Crippen molar-refractivity contribution in [3.05, 3.63) is 53.5 Å². The van der Waals surface area contributed by atoms with Crippen molar-refractivity contribution in [2.75, 3.05) is 0 Å². The molecule has 0 aromatic carbocycles. The number of hydrogen-bond acceptors (Lipinski definition) is 0. The average molecular weight is 325 g/mol. The average Bonchev–Trinajstić information content (AvgIpc) is 2.58. The molecule has 0 unspecified atom stereocenters. The summed E-state index contributed by atoms with van der Waals surface area (Å²) in [5, 5.41) is 0. The van der Waals surface area contributed by atoms with Crippen molar-refractivity contribution in [3.63, 3.8) is 0 Å². The van der Waals surface area contributed by atoms with E-state index in [2.05, 4.69) is 57.2 Å². The zero-order chi connectivity index (χ0) is 13.1. The molecule has 0 fully saturated rings. The molecular weight excluding hydrogens is 310 g/mol. The van der Waals surface area contributed by atoms with Crippen molar-refractivity contribution in [3.8, 4) is 0 Å². The van der Waals surface area contributed by atoms with Crippen molar-refractivity contribution in [1.29, 1.82) is 0 Å². The van der Waals surface area contributed by atoms with Crippen LogP contribution in [0.2, 0.25) is 0 Å². The SMILES string of the molecule is CC(C)(C)C1=C2C=CC=C[C]2C=C1.[Cl][Ti]([Cl])[Cl]. The van der Waals surface area contributed by atoms with Crippen LogP contribution in [0.25, 0.3) is 0 Å². The molecule has 4 heteroatoms. The summed E-state index contributed by atoms with van der Waals surface area (Å²) < 4.78 is 0. The van der Waals surface area contributed by atoms with Crippen LogP contribution in [0.5, 0.6) is 0 Å². The number of fused-ring (bicyclic) bond motifs is 1. The van der Waals surface area contributed by atoms with Crippen LogP contribution in [0.4, 0.5) is 0 Å². The van der Waals surface area contributed by atoms with Crippen LogP contribution in [0.3, 0.4) is 0 Å². The molecule has 0 N–H and O–H groups in total. The third-order valence-corrected chi connectivity index (χ3v) is 2.49. The molecule has 1 radical (unpaired) electrons. The van der Waals surface area contributed by atoms with Gasteiger partial charge in [0, 0.05) is 5.92 Å². The van der Waals surface area contributed by atoms with Gasteiger partial charge in [-0.1, -0.05) is 57.2 Å². The van der Waals surface area contributed by atoms with Gasteiger partial charge >= 0.3 is 42.6 Å². The predicted octanol–water partition coefficient (Wildman–Crippen LogP) is 5.67. The van der Waals surface area contributed by atoms with Crippen molar-refractivity contribution >= 4 is 27.9 Å². The Morgan fingerprint density at radius 1 is 0.882 bits per heavy atom. The Kier molecular flexibility index (Phi) is 6.09. The van der Waals surface area contributed by atoms with Crippen LogP contribution in [0, 0.1) is 11.3 Å². The van der Waals surface area contributed by atoms with Gasteiger partial charge in [0.05, 0.1) is 0 Å². The maximum absolute atomic E-state index is 4.97. The molecule has 0 aliphatic heterocycles. The van der Waals surface area contributed by atoms with Crippen molar-refractivity contribution in [2.24, 2.45) is 5.41 Å². The summed E-state index contributed by atoms with van der Waals surface area (Å²) in [6.07, 6.45) is 13.0. The van der Waals surface area contributed by atoms with Gasteiger partial charge in [-0.2, -0.15) is 0 Å². The summed E-state index contributed by atoms with van der Waals surface area (Å²) in [5.74, 6) is 1.35. The van der Waals surface area contributed by atoms with E-state index in [4.69, 9.17) is 27.9 Å². The summed E-state index contributed by atoms with van der Waals surface area (Å²) in [6.45, 7) is 6.78. The first-order valence-corrected chi connectivity index (χ1v) is 11.8. The summed E-state index contributed by atoms with van der Waals surface area (Å²) in [4.78, 5) is 0. The molecule has 92 valence electrons. The minimum absolute atomic E-state index is 0.253. The molecule has 2 aliphatic rings. The predicted molar refractivity (Wildman–Crippen MR) is 74.7 cm³/mol. The topological polar surface area (TPSA) is 0 Å². The standard InChI is InChI=1S/C13H15.3ClH.Ti/c1-13(2,3)12-9-8-10-6-4-5-7-11(10)12;;;;/h4-9H,1-3H3;3*1H;/q;;;;+3/p-3. The first-order chi connectivity index (χ1) is 7.82. The molecule has 17 heavy (non-hydrogen) atoms. The van der Waals surface area contributed by atoms with E-state index in [1.165, 1.54) is 17.1 Å². The Morgan fingerprint density at radius 3 is 1.94 bits per heavy atom. The zero-order valence-electron chi connectivity index (χ0n) is 10.1. The summed E-state index contributed by atoms with van der Waals surface area (Å²) in [6, 6.07) is 0. The third-order valence-electron chi connectivity index (χ3n) is 2.49. The van der Waals surface area contributed by atoms with E-state index in [0.29, 0.717) is 0 Å². The van der Waals surface area contributed by atoms with Crippen LogP contribution in [0.15, 0.2) is 47.6 Å². The van der Waals surface area contributed by atoms with Gasteiger partial charge in [0.25, 0.3) is 0 Å². The van der Waals surface area contributed by atoms with E-state index in [1.807, 2.05) is 0 Å².